The van der Waals surface area contributed by atoms with Gasteiger partial charge in [0, 0.05) is 16.7 Å². The van der Waals surface area contributed by atoms with Gasteiger partial charge in [-0.25, -0.2) is 4.98 Å². The van der Waals surface area contributed by atoms with Gasteiger partial charge in [-0.1, -0.05) is 91.0 Å². The number of rotatable bonds is 3. The molecule has 5 heteroatoms. The zero-order valence-electron chi connectivity index (χ0n) is 14.4. The summed E-state index contributed by atoms with van der Waals surface area (Å²) in [6.07, 6.45) is 0. The normalized spacial score (nSPS) is 11.0. The second kappa shape index (κ2) is 6.46. The molecule has 0 fully saturated rings. The Balaban J connectivity index is 1.80. The number of nitrogens with zero attached hydrogens (tertiary/aromatic N) is 5. The zero-order valence-corrected chi connectivity index (χ0v) is 14.4. The van der Waals surface area contributed by atoms with Crippen molar-refractivity contribution in [1.29, 1.82) is 0 Å². The Morgan fingerprint density at radius 2 is 1.04 bits per heavy atom. The molecule has 5 aromatic rings. The van der Waals surface area contributed by atoms with Gasteiger partial charge in [-0.2, -0.15) is 9.61 Å². The minimum Gasteiger partial charge on any atom is -0.207 e. The predicted molar refractivity (Wildman–Crippen MR) is 105 cm³/mol. The van der Waals surface area contributed by atoms with Crippen LogP contribution in [-0.2, 0) is 0 Å². The lowest BCUT2D eigenvalue weighted by Crippen LogP contribution is -2.03. The molecule has 0 aliphatic heterocycles. The lowest BCUT2D eigenvalue weighted by Gasteiger charge is -2.09. The van der Waals surface area contributed by atoms with Gasteiger partial charge in [0.25, 0.3) is 5.78 Å². The van der Waals surface area contributed by atoms with Gasteiger partial charge in [-0.15, -0.1) is 10.2 Å². The molecule has 0 amide bonds. The van der Waals surface area contributed by atoms with Gasteiger partial charge in [0.15, 0.2) is 5.82 Å². The van der Waals surface area contributed by atoms with Crippen molar-refractivity contribution in [1.82, 2.24) is 24.8 Å². The molecule has 3 aromatic carbocycles. The SMILES string of the molecule is c1ccc(-c2nc3nnc(-c4ccccc4)n3nc2-c2ccccc2)cc1. The third kappa shape index (κ3) is 2.75. The second-order valence-corrected chi connectivity index (χ2v) is 6.14. The summed E-state index contributed by atoms with van der Waals surface area (Å²) < 4.78 is 1.71. The van der Waals surface area contributed by atoms with Crippen molar-refractivity contribution in [2.24, 2.45) is 0 Å². The van der Waals surface area contributed by atoms with E-state index in [4.69, 9.17) is 10.1 Å². The van der Waals surface area contributed by atoms with Gasteiger partial charge in [-0.05, 0) is 0 Å². The first-order valence-electron chi connectivity index (χ1n) is 8.70. The summed E-state index contributed by atoms with van der Waals surface area (Å²) in [5.41, 5.74) is 4.53. The van der Waals surface area contributed by atoms with Crippen LogP contribution < -0.4 is 0 Å². The number of hydrogen-bond acceptors (Lipinski definition) is 4. The summed E-state index contributed by atoms with van der Waals surface area (Å²) >= 11 is 0. The predicted octanol–water partition coefficient (Wildman–Crippen LogP) is 4.52. The fourth-order valence-corrected chi connectivity index (χ4v) is 3.09. The molecular formula is C22H15N5. The van der Waals surface area contributed by atoms with Gasteiger partial charge in [0.2, 0.25) is 0 Å². The van der Waals surface area contributed by atoms with Crippen LogP contribution in [0.25, 0.3) is 39.7 Å². The molecule has 0 spiro atoms. The van der Waals surface area contributed by atoms with Crippen LogP contribution in [0.5, 0.6) is 0 Å². The molecule has 0 unspecified atom stereocenters. The Bertz CT molecular complexity index is 1200. The third-order valence-electron chi connectivity index (χ3n) is 4.39. The van der Waals surface area contributed by atoms with Crippen LogP contribution in [0.4, 0.5) is 0 Å². The summed E-state index contributed by atoms with van der Waals surface area (Å²) in [6.45, 7) is 0. The van der Waals surface area contributed by atoms with Crippen molar-refractivity contribution in [2.75, 3.05) is 0 Å². The van der Waals surface area contributed by atoms with E-state index in [0.29, 0.717) is 11.6 Å². The molecule has 0 bridgehead atoms. The maximum atomic E-state index is 4.89. The van der Waals surface area contributed by atoms with Gasteiger partial charge in [0.1, 0.15) is 11.4 Å². The molecule has 0 aliphatic carbocycles. The molecule has 2 heterocycles. The first-order chi connectivity index (χ1) is 13.4. The van der Waals surface area contributed by atoms with Gasteiger partial charge >= 0.3 is 0 Å². The topological polar surface area (TPSA) is 56.0 Å². The highest BCUT2D eigenvalue weighted by Crippen LogP contribution is 2.29. The molecule has 0 saturated heterocycles. The molecule has 0 aliphatic rings. The number of benzene rings is 3. The smallest absolute Gasteiger partial charge is 0.207 e. The van der Waals surface area contributed by atoms with E-state index in [0.717, 1.165) is 28.1 Å². The summed E-state index contributed by atoms with van der Waals surface area (Å²) in [4.78, 5) is 4.79. The largest absolute Gasteiger partial charge is 0.272 e. The lowest BCUT2D eigenvalue weighted by molar-refractivity contribution is 0.916. The van der Waals surface area contributed by atoms with Crippen LogP contribution >= 0.6 is 0 Å². The zero-order chi connectivity index (χ0) is 18.1. The molecular weight excluding hydrogens is 334 g/mol. The van der Waals surface area contributed by atoms with E-state index in [2.05, 4.69) is 10.2 Å². The summed E-state index contributed by atoms with van der Waals surface area (Å²) in [5, 5.41) is 13.5. The van der Waals surface area contributed by atoms with Gasteiger partial charge in [0.05, 0.1) is 0 Å². The molecule has 5 rings (SSSR count). The number of fused-ring (bicyclic) bond motifs is 1. The van der Waals surface area contributed by atoms with Gasteiger partial charge in [-0.3, -0.25) is 0 Å². The molecule has 0 atom stereocenters. The highest BCUT2D eigenvalue weighted by Gasteiger charge is 2.17. The molecule has 2 aromatic heterocycles. The minimum absolute atomic E-state index is 0.479. The lowest BCUT2D eigenvalue weighted by atomic mass is 10.0. The Hall–Kier alpha value is -3.86. The quantitative estimate of drug-likeness (QED) is 0.480. The maximum absolute atomic E-state index is 4.89. The van der Waals surface area contributed by atoms with Crippen LogP contribution in [0.2, 0.25) is 0 Å². The Kier molecular flexibility index (Phi) is 3.68. The standard InChI is InChI=1S/C22H15N5/c1-4-10-16(11-5-1)19-20(17-12-6-2-7-13-17)26-27-21(24-25-22(27)23-19)18-14-8-3-9-15-18/h1-15H. The molecule has 5 nitrogen and oxygen atoms in total. The molecule has 0 N–H and O–H groups in total. The Morgan fingerprint density at radius 3 is 1.63 bits per heavy atom. The molecule has 27 heavy (non-hydrogen) atoms. The van der Waals surface area contributed by atoms with Crippen molar-refractivity contribution in [3.05, 3.63) is 91.0 Å². The first kappa shape index (κ1) is 15.4. The maximum Gasteiger partial charge on any atom is 0.272 e. The highest BCUT2D eigenvalue weighted by molar-refractivity contribution is 5.78. The highest BCUT2D eigenvalue weighted by atomic mass is 15.4. The Morgan fingerprint density at radius 1 is 0.519 bits per heavy atom. The summed E-state index contributed by atoms with van der Waals surface area (Å²) in [6, 6.07) is 30.0. The van der Waals surface area contributed by atoms with Crippen molar-refractivity contribution in [3.63, 3.8) is 0 Å². The summed E-state index contributed by atoms with van der Waals surface area (Å²) in [5.74, 6) is 1.15. The van der Waals surface area contributed by atoms with Crippen LogP contribution in [0.1, 0.15) is 0 Å². The molecule has 0 radical (unpaired) electrons. The van der Waals surface area contributed by atoms with Crippen LogP contribution in [-0.4, -0.2) is 24.8 Å². The van der Waals surface area contributed by atoms with Crippen LogP contribution in [0.3, 0.4) is 0 Å². The van der Waals surface area contributed by atoms with Crippen molar-refractivity contribution >= 4 is 5.78 Å². The molecule has 128 valence electrons. The molecule has 0 saturated carbocycles. The van der Waals surface area contributed by atoms with E-state index in [1.54, 1.807) is 4.52 Å². The fourth-order valence-electron chi connectivity index (χ4n) is 3.09. The van der Waals surface area contributed by atoms with Crippen molar-refractivity contribution in [3.8, 4) is 33.9 Å². The average molecular weight is 349 g/mol. The fraction of sp³-hybridized carbons (Fsp3) is 0. The van der Waals surface area contributed by atoms with E-state index in [1.165, 1.54) is 0 Å². The van der Waals surface area contributed by atoms with E-state index < -0.39 is 0 Å². The average Bonchev–Trinajstić information content (AvgIpc) is 3.18. The Labute approximate surface area is 156 Å². The van der Waals surface area contributed by atoms with E-state index in [-0.39, 0.29) is 0 Å². The third-order valence-corrected chi connectivity index (χ3v) is 4.39. The number of hydrogen-bond donors (Lipinski definition) is 0. The monoisotopic (exact) mass is 349 g/mol. The van der Waals surface area contributed by atoms with Crippen molar-refractivity contribution in [2.45, 2.75) is 0 Å². The van der Waals surface area contributed by atoms with E-state index >= 15 is 0 Å². The van der Waals surface area contributed by atoms with Gasteiger partial charge < -0.3 is 0 Å². The second-order valence-electron chi connectivity index (χ2n) is 6.14. The number of aromatic nitrogens is 5. The van der Waals surface area contributed by atoms with Crippen molar-refractivity contribution < 1.29 is 0 Å². The van der Waals surface area contributed by atoms with Crippen LogP contribution in [0, 0.1) is 0 Å². The van der Waals surface area contributed by atoms with E-state index in [1.807, 2.05) is 91.0 Å². The van der Waals surface area contributed by atoms with E-state index in [9.17, 15) is 0 Å². The minimum atomic E-state index is 0.479. The first-order valence-corrected chi connectivity index (χ1v) is 8.70. The summed E-state index contributed by atoms with van der Waals surface area (Å²) in [7, 11) is 0. The van der Waals surface area contributed by atoms with Crippen LogP contribution in [0.15, 0.2) is 91.0 Å².